The number of benzene rings is 4. The summed E-state index contributed by atoms with van der Waals surface area (Å²) < 4.78 is 0. The molecular weight excluding hydrogens is 577 g/mol. The van der Waals surface area contributed by atoms with Gasteiger partial charge < -0.3 is 0 Å². The largest absolute Gasteiger partial charge is 0.0622 e. The van der Waals surface area contributed by atoms with Crippen LogP contribution in [0.4, 0.5) is 0 Å². The van der Waals surface area contributed by atoms with Crippen LogP contribution in [0.2, 0.25) is 0 Å². The predicted octanol–water partition coefficient (Wildman–Crippen LogP) is 12.3. The molecule has 0 N–H and O–H groups in total. The van der Waals surface area contributed by atoms with Gasteiger partial charge in [-0.2, -0.15) is 0 Å². The standard InChI is InChI=1S/C48H52/c1-3-11-29(12-4-1)33-15-7-9-17-35(33)43-27-31-19-21-37-40-24-26-42-44(36-18-10-8-16-34(36)30-13-5-2-6-14-30)28-32-20-22-38(48(40)46(32)42)39-23-25-41(43)45(31)47(37)39/h1-18,31-32,37-48H,19-28H2. The van der Waals surface area contributed by atoms with Crippen LogP contribution in [0, 0.1) is 71.0 Å². The smallest absolute Gasteiger partial charge is 0.0122 e. The molecule has 0 aromatic heterocycles. The van der Waals surface area contributed by atoms with Crippen LogP contribution >= 0.6 is 0 Å². The molecule has 0 radical (unpaired) electrons. The van der Waals surface area contributed by atoms with Crippen molar-refractivity contribution >= 4 is 0 Å². The highest BCUT2D eigenvalue weighted by Crippen LogP contribution is 2.73. The molecule has 48 heavy (non-hydrogen) atoms. The van der Waals surface area contributed by atoms with Crippen molar-refractivity contribution in [3.63, 3.8) is 0 Å². The molecule has 4 aromatic rings. The van der Waals surface area contributed by atoms with Crippen LogP contribution in [0.25, 0.3) is 22.3 Å². The molecule has 0 aliphatic heterocycles. The third-order valence-corrected chi connectivity index (χ3v) is 16.5. The Labute approximate surface area is 288 Å². The maximum absolute atomic E-state index is 2.53. The van der Waals surface area contributed by atoms with E-state index in [4.69, 9.17) is 0 Å². The van der Waals surface area contributed by atoms with Crippen molar-refractivity contribution in [2.45, 2.75) is 76.0 Å². The molecule has 7 aliphatic rings. The number of rotatable bonds is 4. The SMILES string of the molecule is c1ccc(-c2ccccc2C2CC3CCC4C5CCC6C(c7ccccc7-c7ccccc7)CC7CCC(C8CCC2C3C48)C5C76)cc1. The van der Waals surface area contributed by atoms with Crippen molar-refractivity contribution in [3.8, 4) is 22.3 Å². The van der Waals surface area contributed by atoms with Gasteiger partial charge in [0.05, 0.1) is 0 Å². The van der Waals surface area contributed by atoms with E-state index >= 15 is 0 Å². The Balaban J connectivity index is 0.914. The Hall–Kier alpha value is -3.12. The van der Waals surface area contributed by atoms with Gasteiger partial charge in [-0.3, -0.25) is 0 Å². The Morgan fingerprint density at radius 3 is 1.10 bits per heavy atom. The van der Waals surface area contributed by atoms with Gasteiger partial charge in [0, 0.05) is 0 Å². The lowest BCUT2D eigenvalue weighted by atomic mass is 9.40. The van der Waals surface area contributed by atoms with Crippen LogP contribution < -0.4 is 0 Å². The van der Waals surface area contributed by atoms with Gasteiger partial charge in [0.2, 0.25) is 0 Å². The van der Waals surface area contributed by atoms with Crippen LogP contribution in [0.15, 0.2) is 109 Å². The lowest BCUT2D eigenvalue weighted by Gasteiger charge is -2.65. The Morgan fingerprint density at radius 2 is 0.667 bits per heavy atom. The fourth-order valence-corrected chi connectivity index (χ4v) is 15.4. The first-order valence-electron chi connectivity index (χ1n) is 20.1. The summed E-state index contributed by atoms with van der Waals surface area (Å²) >= 11 is 0. The maximum Gasteiger partial charge on any atom is -0.0122 e. The van der Waals surface area contributed by atoms with E-state index < -0.39 is 0 Å². The minimum Gasteiger partial charge on any atom is -0.0622 e. The first-order valence-corrected chi connectivity index (χ1v) is 20.1. The molecule has 14 atom stereocenters. The molecule has 7 aliphatic carbocycles. The van der Waals surface area contributed by atoms with E-state index in [1.165, 1.54) is 73.6 Å². The molecule has 0 saturated heterocycles. The van der Waals surface area contributed by atoms with Gasteiger partial charge in [-0.05, 0) is 180 Å². The van der Waals surface area contributed by atoms with Crippen LogP contribution in [0.3, 0.4) is 0 Å². The molecule has 11 rings (SSSR count). The fraction of sp³-hybridized carbons (Fsp3) is 0.500. The van der Waals surface area contributed by atoms with Gasteiger partial charge in [0.25, 0.3) is 0 Å². The Morgan fingerprint density at radius 1 is 0.312 bits per heavy atom. The maximum atomic E-state index is 2.53. The minimum atomic E-state index is 0.764. The van der Waals surface area contributed by atoms with E-state index in [2.05, 4.69) is 109 Å². The van der Waals surface area contributed by atoms with E-state index in [0.29, 0.717) is 0 Å². The minimum absolute atomic E-state index is 0.764. The van der Waals surface area contributed by atoms with Crippen molar-refractivity contribution in [1.29, 1.82) is 0 Å². The number of fused-ring (bicyclic) bond motifs is 2. The Bertz CT molecular complexity index is 1650. The summed E-state index contributed by atoms with van der Waals surface area (Å²) in [6, 6.07) is 41.8. The topological polar surface area (TPSA) is 0 Å². The van der Waals surface area contributed by atoms with Crippen molar-refractivity contribution in [3.05, 3.63) is 120 Å². The summed E-state index contributed by atoms with van der Waals surface area (Å²) in [4.78, 5) is 0. The molecule has 0 amide bonds. The second kappa shape index (κ2) is 11.2. The fourth-order valence-electron chi connectivity index (χ4n) is 15.4. The molecule has 0 spiro atoms. The van der Waals surface area contributed by atoms with Gasteiger partial charge in [-0.15, -0.1) is 0 Å². The zero-order valence-corrected chi connectivity index (χ0v) is 28.5. The normalized spacial score (nSPS) is 41.8. The second-order valence-corrected chi connectivity index (χ2v) is 17.7. The molecular formula is C48H52. The molecule has 0 heterocycles. The highest BCUT2D eigenvalue weighted by atomic mass is 14.7. The van der Waals surface area contributed by atoms with E-state index in [0.717, 1.165) is 82.9 Å². The average Bonchev–Trinajstić information content (AvgIpc) is 3.74. The summed E-state index contributed by atoms with van der Waals surface area (Å²) in [6.45, 7) is 0. The Kier molecular flexibility index (Phi) is 6.69. The monoisotopic (exact) mass is 628 g/mol. The van der Waals surface area contributed by atoms with Gasteiger partial charge in [0.15, 0.2) is 0 Å². The highest BCUT2D eigenvalue weighted by molar-refractivity contribution is 5.69. The molecule has 14 unspecified atom stereocenters. The summed E-state index contributed by atoms with van der Waals surface area (Å²) in [6.07, 6.45) is 15.2. The molecule has 0 bridgehead atoms. The number of hydrogen-bond donors (Lipinski definition) is 0. The zero-order chi connectivity index (χ0) is 31.3. The molecule has 7 fully saturated rings. The van der Waals surface area contributed by atoms with Crippen LogP contribution in [0.1, 0.15) is 87.2 Å². The molecule has 0 heteroatoms. The molecule has 7 saturated carbocycles. The third-order valence-electron chi connectivity index (χ3n) is 16.5. The van der Waals surface area contributed by atoms with E-state index in [9.17, 15) is 0 Å². The van der Waals surface area contributed by atoms with Crippen molar-refractivity contribution in [2.24, 2.45) is 71.0 Å². The first kappa shape index (κ1) is 28.7. The van der Waals surface area contributed by atoms with Gasteiger partial charge in [0.1, 0.15) is 0 Å². The third kappa shape index (κ3) is 4.13. The lowest BCUT2D eigenvalue weighted by molar-refractivity contribution is -0.167. The lowest BCUT2D eigenvalue weighted by Crippen LogP contribution is -2.59. The second-order valence-electron chi connectivity index (χ2n) is 17.7. The molecule has 4 aromatic carbocycles. The number of hydrogen-bond acceptors (Lipinski definition) is 0. The van der Waals surface area contributed by atoms with Crippen LogP contribution in [-0.4, -0.2) is 0 Å². The van der Waals surface area contributed by atoms with E-state index in [1.807, 2.05) is 0 Å². The zero-order valence-electron chi connectivity index (χ0n) is 28.5. The van der Waals surface area contributed by atoms with Gasteiger partial charge in [-0.25, -0.2) is 0 Å². The van der Waals surface area contributed by atoms with Gasteiger partial charge in [-0.1, -0.05) is 109 Å². The van der Waals surface area contributed by atoms with E-state index in [1.54, 1.807) is 24.0 Å². The van der Waals surface area contributed by atoms with Crippen molar-refractivity contribution in [1.82, 2.24) is 0 Å². The van der Waals surface area contributed by atoms with Crippen molar-refractivity contribution < 1.29 is 0 Å². The summed E-state index contributed by atoms with van der Waals surface area (Å²) in [5, 5.41) is 0. The van der Waals surface area contributed by atoms with Crippen LogP contribution in [-0.2, 0) is 0 Å². The molecule has 244 valence electrons. The van der Waals surface area contributed by atoms with Crippen molar-refractivity contribution in [2.75, 3.05) is 0 Å². The van der Waals surface area contributed by atoms with E-state index in [-0.39, 0.29) is 0 Å². The molecule has 0 nitrogen and oxygen atoms in total. The quantitative estimate of drug-likeness (QED) is 0.211. The summed E-state index contributed by atoms with van der Waals surface area (Å²) in [5.41, 5.74) is 9.24. The van der Waals surface area contributed by atoms with Crippen LogP contribution in [0.5, 0.6) is 0 Å². The highest BCUT2D eigenvalue weighted by Gasteiger charge is 2.66. The average molecular weight is 629 g/mol. The summed E-state index contributed by atoms with van der Waals surface area (Å²) in [7, 11) is 0. The first-order chi connectivity index (χ1) is 23.8. The predicted molar refractivity (Wildman–Crippen MR) is 197 cm³/mol. The van der Waals surface area contributed by atoms with Gasteiger partial charge >= 0.3 is 0 Å². The summed E-state index contributed by atoms with van der Waals surface area (Å²) in [5.74, 6) is 13.5.